The molecule has 2 aliphatic heterocycles. The van der Waals surface area contributed by atoms with Crippen LogP contribution in [0, 0.1) is 15.5 Å². The van der Waals surface area contributed by atoms with Crippen LogP contribution >= 0.6 is 24.0 Å². The number of fused-ring (bicyclic) bond motifs is 1. The normalized spacial score (nSPS) is 21.0. The highest BCUT2D eigenvalue weighted by Crippen LogP contribution is 2.56. The van der Waals surface area contributed by atoms with E-state index in [4.69, 9.17) is 17.0 Å². The lowest BCUT2D eigenvalue weighted by Crippen LogP contribution is -2.62. The monoisotopic (exact) mass is 378 g/mol. The summed E-state index contributed by atoms with van der Waals surface area (Å²) in [5, 5.41) is 11.1. The summed E-state index contributed by atoms with van der Waals surface area (Å²) in [5.74, 6) is 0.0599. The number of non-ortho nitro benzene ring substituents is 1. The van der Waals surface area contributed by atoms with Crippen molar-refractivity contribution in [1.29, 1.82) is 0 Å². The molecular formula is C17H18N2O4S2. The third kappa shape index (κ3) is 2.93. The highest BCUT2D eigenvalue weighted by Gasteiger charge is 2.60. The summed E-state index contributed by atoms with van der Waals surface area (Å²) >= 11 is 7.10. The van der Waals surface area contributed by atoms with Gasteiger partial charge in [-0.3, -0.25) is 19.8 Å². The number of carbonyl (C=O) groups excluding carboxylic acids is 1. The predicted molar refractivity (Wildman–Crippen MR) is 99.8 cm³/mol. The molecule has 1 fully saturated rings. The standard InChI is InChI=1S/C17H18N2O4S2/c1-4-12-13(18-15(20)17(2,3)16(18)25-12)14(24)23-9-10-5-7-11(8-6-10)19(21)22/h5-8,16H,4,9H2,1-3H3/t16-/m1/s1. The van der Waals surface area contributed by atoms with Crippen molar-refractivity contribution in [3.8, 4) is 0 Å². The number of β-lactam (4-membered cyclic amide) rings is 1. The van der Waals surface area contributed by atoms with Crippen LogP contribution in [-0.4, -0.2) is 26.2 Å². The molecule has 2 heterocycles. The maximum Gasteiger partial charge on any atom is 0.269 e. The number of nitrogens with zero attached hydrogens (tertiary/aromatic N) is 2. The summed E-state index contributed by atoms with van der Waals surface area (Å²) < 4.78 is 5.71. The molecule has 0 bridgehead atoms. The van der Waals surface area contributed by atoms with E-state index in [0.717, 1.165) is 16.9 Å². The zero-order chi connectivity index (χ0) is 18.4. The van der Waals surface area contributed by atoms with Crippen molar-refractivity contribution in [2.24, 2.45) is 5.41 Å². The van der Waals surface area contributed by atoms with Gasteiger partial charge in [-0.2, -0.15) is 0 Å². The quantitative estimate of drug-likeness (QED) is 0.334. The number of ether oxygens (including phenoxy) is 1. The molecule has 0 saturated carbocycles. The number of carbonyl (C=O) groups is 1. The second-order valence-corrected chi connectivity index (χ2v) is 8.04. The Balaban J connectivity index is 1.70. The molecule has 1 aromatic rings. The van der Waals surface area contributed by atoms with Gasteiger partial charge < -0.3 is 4.74 Å². The molecule has 0 aromatic heterocycles. The first-order valence-electron chi connectivity index (χ1n) is 7.91. The van der Waals surface area contributed by atoms with E-state index < -0.39 is 4.92 Å². The Kier molecular flexibility index (Phi) is 4.59. The number of rotatable bonds is 5. The van der Waals surface area contributed by atoms with Crippen LogP contribution in [0.1, 0.15) is 32.8 Å². The largest absolute Gasteiger partial charge is 0.477 e. The SMILES string of the molecule is CCC1=C(C(=S)OCc2ccc([N+](=O)[O-])cc2)N2C(=O)C(C)(C)[C@H]2S1. The van der Waals surface area contributed by atoms with Crippen molar-refractivity contribution >= 4 is 40.6 Å². The number of nitro groups is 1. The topological polar surface area (TPSA) is 72.7 Å². The van der Waals surface area contributed by atoms with Gasteiger partial charge in [-0.25, -0.2) is 0 Å². The summed E-state index contributed by atoms with van der Waals surface area (Å²) in [4.78, 5) is 25.5. The minimum Gasteiger partial charge on any atom is -0.477 e. The highest BCUT2D eigenvalue weighted by atomic mass is 32.2. The summed E-state index contributed by atoms with van der Waals surface area (Å²) in [6.45, 7) is 6.13. The molecule has 0 spiro atoms. The lowest BCUT2D eigenvalue weighted by Gasteiger charge is -2.49. The number of hydrogen-bond donors (Lipinski definition) is 0. The Morgan fingerprint density at radius 2 is 2.04 bits per heavy atom. The summed E-state index contributed by atoms with van der Waals surface area (Å²) in [5.41, 5.74) is 1.13. The average molecular weight is 378 g/mol. The van der Waals surface area contributed by atoms with Crippen molar-refractivity contribution in [1.82, 2.24) is 4.90 Å². The van der Waals surface area contributed by atoms with Crippen LogP contribution in [0.5, 0.6) is 0 Å². The van der Waals surface area contributed by atoms with Crippen LogP contribution in [0.3, 0.4) is 0 Å². The van der Waals surface area contributed by atoms with E-state index in [1.807, 2.05) is 20.8 Å². The molecule has 132 valence electrons. The van der Waals surface area contributed by atoms with Crippen LogP contribution in [-0.2, 0) is 16.1 Å². The van der Waals surface area contributed by atoms with Gasteiger partial charge >= 0.3 is 0 Å². The predicted octanol–water partition coefficient (Wildman–Crippen LogP) is 4.00. The Morgan fingerprint density at radius 1 is 1.40 bits per heavy atom. The van der Waals surface area contributed by atoms with E-state index in [0.29, 0.717) is 10.7 Å². The van der Waals surface area contributed by atoms with Gasteiger partial charge in [0.1, 0.15) is 17.7 Å². The second kappa shape index (κ2) is 6.42. The van der Waals surface area contributed by atoms with Crippen LogP contribution in [0.15, 0.2) is 34.9 Å². The highest BCUT2D eigenvalue weighted by molar-refractivity contribution is 8.04. The number of thiocarbonyl (C=S) groups is 1. The molecule has 3 rings (SSSR count). The fraction of sp³-hybridized carbons (Fsp3) is 0.412. The number of nitro benzene ring substituents is 1. The van der Waals surface area contributed by atoms with Crippen LogP contribution < -0.4 is 0 Å². The number of hydrogen-bond acceptors (Lipinski definition) is 6. The minimum atomic E-state index is -0.444. The third-order valence-corrected chi connectivity index (χ3v) is 6.51. The number of amides is 1. The van der Waals surface area contributed by atoms with Gasteiger partial charge in [-0.1, -0.05) is 6.92 Å². The van der Waals surface area contributed by atoms with Gasteiger partial charge in [0.15, 0.2) is 0 Å². The molecule has 0 unspecified atom stereocenters. The van der Waals surface area contributed by atoms with E-state index in [2.05, 4.69) is 0 Å². The lowest BCUT2D eigenvalue weighted by molar-refractivity contribution is -0.384. The van der Waals surface area contributed by atoms with Crippen LogP contribution in [0.25, 0.3) is 0 Å². The Bertz CT molecular complexity index is 786. The molecule has 1 saturated heterocycles. The molecular weight excluding hydrogens is 360 g/mol. The van der Waals surface area contributed by atoms with E-state index in [-0.39, 0.29) is 29.0 Å². The van der Waals surface area contributed by atoms with Gasteiger partial charge in [0.2, 0.25) is 11.0 Å². The van der Waals surface area contributed by atoms with Crippen LogP contribution in [0.4, 0.5) is 5.69 Å². The fourth-order valence-corrected chi connectivity index (χ4v) is 4.70. The molecule has 0 radical (unpaired) electrons. The zero-order valence-corrected chi connectivity index (χ0v) is 15.8. The molecule has 25 heavy (non-hydrogen) atoms. The van der Waals surface area contributed by atoms with E-state index >= 15 is 0 Å². The summed E-state index contributed by atoms with van der Waals surface area (Å²) in [6.07, 6.45) is 0.789. The number of thioether (sulfide) groups is 1. The molecule has 1 amide bonds. The smallest absolute Gasteiger partial charge is 0.269 e. The van der Waals surface area contributed by atoms with Gasteiger partial charge in [0, 0.05) is 17.0 Å². The molecule has 2 aliphatic rings. The average Bonchev–Trinajstić information content (AvgIpc) is 2.97. The first-order valence-corrected chi connectivity index (χ1v) is 9.20. The van der Waals surface area contributed by atoms with E-state index in [1.165, 1.54) is 12.1 Å². The lowest BCUT2D eigenvalue weighted by atomic mass is 9.82. The first kappa shape index (κ1) is 17.9. The minimum absolute atomic E-state index is 0.0331. The van der Waals surface area contributed by atoms with Crippen molar-refractivity contribution in [2.45, 2.75) is 39.2 Å². The molecule has 0 aliphatic carbocycles. The zero-order valence-electron chi connectivity index (χ0n) is 14.1. The molecule has 1 atom stereocenters. The van der Waals surface area contributed by atoms with Gasteiger partial charge in [-0.15, -0.1) is 11.8 Å². The van der Waals surface area contributed by atoms with E-state index in [1.54, 1.807) is 28.8 Å². The third-order valence-electron chi connectivity index (χ3n) is 4.41. The number of allylic oxidation sites excluding steroid dienone is 1. The number of benzene rings is 1. The van der Waals surface area contributed by atoms with Crippen molar-refractivity contribution in [3.63, 3.8) is 0 Å². The van der Waals surface area contributed by atoms with Gasteiger partial charge in [0.05, 0.1) is 10.3 Å². The second-order valence-electron chi connectivity index (χ2n) is 6.49. The van der Waals surface area contributed by atoms with Crippen LogP contribution in [0.2, 0.25) is 0 Å². The van der Waals surface area contributed by atoms with Gasteiger partial charge in [0.25, 0.3) is 5.69 Å². The Labute approximate surface area is 155 Å². The van der Waals surface area contributed by atoms with Crippen molar-refractivity contribution < 1.29 is 14.5 Å². The van der Waals surface area contributed by atoms with Gasteiger partial charge in [-0.05, 0) is 50.2 Å². The molecule has 1 aromatic carbocycles. The van der Waals surface area contributed by atoms with Crippen molar-refractivity contribution in [2.75, 3.05) is 0 Å². The fourth-order valence-electron chi connectivity index (χ4n) is 2.92. The molecule has 8 heteroatoms. The Hall–Kier alpha value is -1.93. The summed E-state index contributed by atoms with van der Waals surface area (Å²) in [6, 6.07) is 6.14. The first-order chi connectivity index (χ1) is 11.8. The maximum absolute atomic E-state index is 12.4. The molecule has 0 N–H and O–H groups in total. The Morgan fingerprint density at radius 3 is 2.60 bits per heavy atom. The molecule has 6 nitrogen and oxygen atoms in total. The maximum atomic E-state index is 12.4. The van der Waals surface area contributed by atoms with Crippen molar-refractivity contribution in [3.05, 3.63) is 50.5 Å². The summed E-state index contributed by atoms with van der Waals surface area (Å²) in [7, 11) is 0. The van der Waals surface area contributed by atoms with E-state index in [9.17, 15) is 14.9 Å².